The Labute approximate surface area is 103 Å². The second-order valence-corrected chi connectivity index (χ2v) is 4.79. The average Bonchev–Trinajstić information content (AvgIpc) is 2.14. The van der Waals surface area contributed by atoms with Gasteiger partial charge in [0.15, 0.2) is 5.78 Å². The Hall–Kier alpha value is -0.220. The molecule has 15 heavy (non-hydrogen) atoms. The Kier molecular flexibility index (Phi) is 5.47. The van der Waals surface area contributed by atoms with Crippen LogP contribution in [-0.2, 0) is 9.53 Å². The molecule has 0 aliphatic heterocycles. The summed E-state index contributed by atoms with van der Waals surface area (Å²) in [5.41, 5.74) is 0. The van der Waals surface area contributed by atoms with Crippen LogP contribution < -0.4 is 0 Å². The van der Waals surface area contributed by atoms with Crippen molar-refractivity contribution in [2.75, 3.05) is 19.5 Å². The number of rotatable bonds is 5. The third kappa shape index (κ3) is 4.89. The van der Waals surface area contributed by atoms with Crippen LogP contribution in [0.5, 0.6) is 0 Å². The number of benzene rings is 1. The Morgan fingerprint density at radius 3 is 2.47 bits per heavy atom. The molecule has 0 heterocycles. The van der Waals surface area contributed by atoms with E-state index in [1.807, 2.05) is 0 Å². The van der Waals surface area contributed by atoms with Gasteiger partial charge in [0.05, 0.1) is 5.75 Å². The first-order valence-electron chi connectivity index (χ1n) is 4.21. The molecule has 0 unspecified atom stereocenters. The molecule has 0 aliphatic carbocycles. The van der Waals surface area contributed by atoms with Crippen LogP contribution >= 0.6 is 35.0 Å². The molecule has 0 radical (unpaired) electrons. The quantitative estimate of drug-likeness (QED) is 0.764. The summed E-state index contributed by atoms with van der Waals surface area (Å²) in [5, 5.41) is 1.15. The zero-order valence-electron chi connectivity index (χ0n) is 8.13. The van der Waals surface area contributed by atoms with Gasteiger partial charge in [-0.05, 0) is 18.2 Å². The zero-order chi connectivity index (χ0) is 11.3. The largest absolute Gasteiger partial charge is 0.377 e. The molecule has 1 aromatic carbocycles. The van der Waals surface area contributed by atoms with Crippen molar-refractivity contribution in [2.45, 2.75) is 4.90 Å². The standard InChI is InChI=1S/C10H10Cl2O2S/c1-14-5-9(13)6-15-10-3-7(11)2-8(12)4-10/h2-4H,5-6H2,1H3. The molecular formula is C10H10Cl2O2S. The first kappa shape index (κ1) is 12.8. The van der Waals surface area contributed by atoms with Crippen LogP contribution in [0.1, 0.15) is 0 Å². The molecular weight excluding hydrogens is 255 g/mol. The Balaban J connectivity index is 2.54. The van der Waals surface area contributed by atoms with Crippen LogP contribution in [-0.4, -0.2) is 25.3 Å². The number of carbonyl (C=O) groups is 1. The maximum Gasteiger partial charge on any atom is 0.168 e. The number of thioether (sulfide) groups is 1. The highest BCUT2D eigenvalue weighted by molar-refractivity contribution is 8.00. The molecule has 5 heteroatoms. The molecule has 0 bridgehead atoms. The molecule has 0 amide bonds. The Morgan fingerprint density at radius 1 is 1.33 bits per heavy atom. The number of ketones is 1. The van der Waals surface area contributed by atoms with Gasteiger partial charge >= 0.3 is 0 Å². The van der Waals surface area contributed by atoms with E-state index in [9.17, 15) is 4.79 Å². The summed E-state index contributed by atoms with van der Waals surface area (Å²) >= 11 is 13.0. The van der Waals surface area contributed by atoms with Crippen LogP contribution in [0.4, 0.5) is 0 Å². The SMILES string of the molecule is COCC(=O)CSc1cc(Cl)cc(Cl)c1. The topological polar surface area (TPSA) is 26.3 Å². The van der Waals surface area contributed by atoms with Crippen molar-refractivity contribution in [2.24, 2.45) is 0 Å². The predicted octanol–water partition coefficient (Wildman–Crippen LogP) is 3.30. The van der Waals surface area contributed by atoms with Crippen LogP contribution in [0.2, 0.25) is 10.0 Å². The summed E-state index contributed by atoms with van der Waals surface area (Å²) < 4.78 is 4.72. The molecule has 0 atom stereocenters. The lowest BCUT2D eigenvalue weighted by Gasteiger charge is -2.02. The van der Waals surface area contributed by atoms with Gasteiger partial charge in [-0.3, -0.25) is 4.79 Å². The number of Topliss-reactive ketones (excluding diaryl/α,β-unsaturated/α-hetero) is 1. The molecule has 0 saturated carbocycles. The molecule has 1 rings (SSSR count). The fourth-order valence-corrected chi connectivity index (χ4v) is 2.47. The summed E-state index contributed by atoms with van der Waals surface area (Å²) in [6, 6.07) is 5.21. The summed E-state index contributed by atoms with van der Waals surface area (Å²) in [6.07, 6.45) is 0. The maximum atomic E-state index is 11.2. The van der Waals surface area contributed by atoms with Crippen molar-refractivity contribution in [1.82, 2.24) is 0 Å². The van der Waals surface area contributed by atoms with Gasteiger partial charge in [-0.15, -0.1) is 11.8 Å². The number of methoxy groups -OCH3 is 1. The highest BCUT2D eigenvalue weighted by Crippen LogP contribution is 2.26. The number of hydrogen-bond donors (Lipinski definition) is 0. The molecule has 0 spiro atoms. The van der Waals surface area contributed by atoms with Crippen molar-refractivity contribution in [3.8, 4) is 0 Å². The minimum atomic E-state index is 0.0404. The van der Waals surface area contributed by atoms with Gasteiger partial charge in [0.1, 0.15) is 6.61 Å². The van der Waals surface area contributed by atoms with Crippen molar-refractivity contribution in [3.63, 3.8) is 0 Å². The average molecular weight is 265 g/mol. The lowest BCUT2D eigenvalue weighted by Crippen LogP contribution is -2.08. The molecule has 1 aromatic rings. The molecule has 0 aromatic heterocycles. The van der Waals surface area contributed by atoms with Gasteiger partial charge in [0, 0.05) is 22.1 Å². The van der Waals surface area contributed by atoms with E-state index in [4.69, 9.17) is 27.9 Å². The van der Waals surface area contributed by atoms with E-state index in [0.29, 0.717) is 15.8 Å². The first-order valence-corrected chi connectivity index (χ1v) is 5.95. The highest BCUT2D eigenvalue weighted by Gasteiger charge is 2.04. The first-order chi connectivity index (χ1) is 7.11. The second-order valence-electron chi connectivity index (χ2n) is 2.87. The van der Waals surface area contributed by atoms with E-state index in [0.717, 1.165) is 4.90 Å². The number of ether oxygens (including phenoxy) is 1. The lowest BCUT2D eigenvalue weighted by atomic mass is 10.4. The van der Waals surface area contributed by atoms with Gasteiger partial charge in [-0.1, -0.05) is 23.2 Å². The summed E-state index contributed by atoms with van der Waals surface area (Å²) in [6.45, 7) is 0.140. The number of hydrogen-bond acceptors (Lipinski definition) is 3. The van der Waals surface area contributed by atoms with E-state index in [-0.39, 0.29) is 12.4 Å². The van der Waals surface area contributed by atoms with Crippen molar-refractivity contribution < 1.29 is 9.53 Å². The predicted molar refractivity (Wildman–Crippen MR) is 64.1 cm³/mol. The van der Waals surface area contributed by atoms with Gasteiger partial charge in [0.2, 0.25) is 0 Å². The Morgan fingerprint density at radius 2 is 1.93 bits per heavy atom. The van der Waals surface area contributed by atoms with E-state index in [2.05, 4.69) is 0 Å². The van der Waals surface area contributed by atoms with Gasteiger partial charge < -0.3 is 4.74 Å². The molecule has 0 aliphatic rings. The summed E-state index contributed by atoms with van der Waals surface area (Å²) in [5.74, 6) is 0.406. The smallest absolute Gasteiger partial charge is 0.168 e. The van der Waals surface area contributed by atoms with Crippen LogP contribution in [0.25, 0.3) is 0 Å². The molecule has 2 nitrogen and oxygen atoms in total. The summed E-state index contributed by atoms with van der Waals surface area (Å²) in [4.78, 5) is 12.1. The third-order valence-corrected chi connectivity index (χ3v) is 3.01. The molecule has 82 valence electrons. The van der Waals surface area contributed by atoms with Crippen molar-refractivity contribution >= 4 is 40.7 Å². The minimum Gasteiger partial charge on any atom is -0.377 e. The monoisotopic (exact) mass is 264 g/mol. The molecule has 0 N–H and O–H groups in total. The Bertz CT molecular complexity index is 335. The van der Waals surface area contributed by atoms with Crippen molar-refractivity contribution in [1.29, 1.82) is 0 Å². The third-order valence-electron chi connectivity index (χ3n) is 1.54. The molecule has 0 fully saturated rings. The highest BCUT2D eigenvalue weighted by atomic mass is 35.5. The van der Waals surface area contributed by atoms with Crippen LogP contribution in [0.3, 0.4) is 0 Å². The van der Waals surface area contributed by atoms with E-state index < -0.39 is 0 Å². The van der Waals surface area contributed by atoms with Crippen LogP contribution in [0, 0.1) is 0 Å². The lowest BCUT2D eigenvalue weighted by molar-refractivity contribution is -0.120. The van der Waals surface area contributed by atoms with E-state index in [1.54, 1.807) is 18.2 Å². The normalized spacial score (nSPS) is 10.3. The number of halogens is 2. The van der Waals surface area contributed by atoms with E-state index >= 15 is 0 Å². The molecule has 0 saturated heterocycles. The van der Waals surface area contributed by atoms with Crippen molar-refractivity contribution in [3.05, 3.63) is 28.2 Å². The van der Waals surface area contributed by atoms with Crippen LogP contribution in [0.15, 0.2) is 23.1 Å². The fraction of sp³-hybridized carbons (Fsp3) is 0.300. The minimum absolute atomic E-state index is 0.0404. The fourth-order valence-electron chi connectivity index (χ4n) is 0.978. The summed E-state index contributed by atoms with van der Waals surface area (Å²) in [7, 11) is 1.50. The van der Waals surface area contributed by atoms with Gasteiger partial charge in [-0.2, -0.15) is 0 Å². The maximum absolute atomic E-state index is 11.2. The zero-order valence-corrected chi connectivity index (χ0v) is 10.5. The second kappa shape index (κ2) is 6.38. The van der Waals surface area contributed by atoms with Gasteiger partial charge in [0.25, 0.3) is 0 Å². The van der Waals surface area contributed by atoms with Gasteiger partial charge in [-0.25, -0.2) is 0 Å². The number of carbonyl (C=O) groups excluding carboxylic acids is 1. The van der Waals surface area contributed by atoms with E-state index in [1.165, 1.54) is 18.9 Å².